The third kappa shape index (κ3) is 3.89. The van der Waals surface area contributed by atoms with Crippen LogP contribution in [0.3, 0.4) is 0 Å². The Hall–Kier alpha value is -3.67. The highest BCUT2D eigenvalue weighted by atomic mass is 19.1. The van der Waals surface area contributed by atoms with E-state index >= 15 is 0 Å². The van der Waals surface area contributed by atoms with Crippen LogP contribution >= 0.6 is 0 Å². The van der Waals surface area contributed by atoms with Gasteiger partial charge in [0, 0.05) is 42.8 Å². The van der Waals surface area contributed by atoms with Gasteiger partial charge in [0.25, 0.3) is 0 Å². The number of hydrogen-bond donors (Lipinski definition) is 0. The average molecular weight is 414 g/mol. The van der Waals surface area contributed by atoms with Crippen LogP contribution < -0.4 is 4.90 Å². The van der Waals surface area contributed by atoms with E-state index in [9.17, 15) is 9.18 Å². The number of benzene rings is 3. The predicted octanol–water partition coefficient (Wildman–Crippen LogP) is 4.19. The summed E-state index contributed by atoms with van der Waals surface area (Å²) in [7, 11) is 0. The van der Waals surface area contributed by atoms with Crippen molar-refractivity contribution < 1.29 is 9.18 Å². The minimum Gasteiger partial charge on any atom is -0.368 e. The number of carbonyl (C=O) groups is 1. The lowest BCUT2D eigenvalue weighted by Gasteiger charge is -2.36. The van der Waals surface area contributed by atoms with Gasteiger partial charge in [-0.2, -0.15) is 5.10 Å². The summed E-state index contributed by atoms with van der Waals surface area (Å²) in [6.45, 7) is 2.95. The first-order chi connectivity index (χ1) is 15.2. The minimum atomic E-state index is -0.237. The first-order valence-electron chi connectivity index (χ1n) is 10.5. The van der Waals surface area contributed by atoms with E-state index in [0.29, 0.717) is 13.1 Å². The van der Waals surface area contributed by atoms with E-state index in [4.69, 9.17) is 5.10 Å². The maximum atomic E-state index is 13.2. The molecule has 0 spiro atoms. The lowest BCUT2D eigenvalue weighted by atomic mass is 10.1. The molecule has 1 saturated heterocycles. The van der Waals surface area contributed by atoms with Gasteiger partial charge in [0.15, 0.2) is 0 Å². The van der Waals surface area contributed by atoms with Crippen LogP contribution in [0.5, 0.6) is 0 Å². The van der Waals surface area contributed by atoms with Gasteiger partial charge >= 0.3 is 0 Å². The Morgan fingerprint density at radius 3 is 2.26 bits per heavy atom. The zero-order valence-electron chi connectivity index (χ0n) is 17.1. The van der Waals surface area contributed by atoms with Gasteiger partial charge < -0.3 is 9.80 Å². The summed E-state index contributed by atoms with van der Waals surface area (Å²) >= 11 is 0. The fourth-order valence-electron chi connectivity index (χ4n) is 4.15. The molecule has 2 heterocycles. The van der Waals surface area contributed by atoms with Gasteiger partial charge in [-0.15, -0.1) is 0 Å². The van der Waals surface area contributed by atoms with Crippen LogP contribution in [0.25, 0.3) is 22.2 Å². The van der Waals surface area contributed by atoms with E-state index in [2.05, 4.69) is 4.90 Å². The Labute approximate surface area is 180 Å². The molecule has 0 bridgehead atoms. The molecule has 0 aliphatic carbocycles. The second-order valence-electron chi connectivity index (χ2n) is 7.73. The zero-order valence-corrected chi connectivity index (χ0v) is 17.1. The van der Waals surface area contributed by atoms with Gasteiger partial charge in [-0.05, 0) is 30.3 Å². The van der Waals surface area contributed by atoms with Gasteiger partial charge in [-0.1, -0.05) is 48.5 Å². The van der Waals surface area contributed by atoms with Gasteiger partial charge in [-0.3, -0.25) is 9.48 Å². The first kappa shape index (κ1) is 19.3. The first-order valence-corrected chi connectivity index (χ1v) is 10.5. The van der Waals surface area contributed by atoms with Crippen molar-refractivity contribution in [2.24, 2.45) is 0 Å². The Morgan fingerprint density at radius 2 is 1.52 bits per heavy atom. The van der Waals surface area contributed by atoms with Crippen molar-refractivity contribution in [3.63, 3.8) is 0 Å². The van der Waals surface area contributed by atoms with E-state index in [1.807, 2.05) is 64.2 Å². The molecule has 1 aromatic heterocycles. The number of carbonyl (C=O) groups excluding carboxylic acids is 1. The fraction of sp³-hybridized carbons (Fsp3) is 0.200. The molecule has 0 saturated carbocycles. The maximum absolute atomic E-state index is 13.2. The van der Waals surface area contributed by atoms with Gasteiger partial charge in [0.05, 0.1) is 5.52 Å². The van der Waals surface area contributed by atoms with Crippen LogP contribution in [0, 0.1) is 5.82 Å². The summed E-state index contributed by atoms with van der Waals surface area (Å²) < 4.78 is 15.0. The largest absolute Gasteiger partial charge is 0.368 e. The van der Waals surface area contributed by atoms with E-state index in [1.165, 1.54) is 12.1 Å². The summed E-state index contributed by atoms with van der Waals surface area (Å²) in [5.41, 5.74) is 3.88. The van der Waals surface area contributed by atoms with Crippen LogP contribution in [0.4, 0.5) is 10.1 Å². The van der Waals surface area contributed by atoms with E-state index in [-0.39, 0.29) is 18.3 Å². The van der Waals surface area contributed by atoms with Crippen molar-refractivity contribution in [2.45, 2.75) is 6.54 Å². The zero-order chi connectivity index (χ0) is 21.2. The number of hydrogen-bond acceptors (Lipinski definition) is 3. The molecule has 5 rings (SSSR count). The summed E-state index contributed by atoms with van der Waals surface area (Å²) in [6.07, 6.45) is 0. The molecule has 5 nitrogen and oxygen atoms in total. The Kier molecular flexibility index (Phi) is 5.12. The molecule has 3 aromatic carbocycles. The number of para-hydroxylation sites is 1. The quantitative estimate of drug-likeness (QED) is 0.503. The molecule has 1 amide bonds. The molecule has 1 aliphatic rings. The molecule has 6 heteroatoms. The van der Waals surface area contributed by atoms with E-state index in [0.717, 1.165) is 40.9 Å². The highest BCUT2D eigenvalue weighted by Crippen LogP contribution is 2.28. The summed E-state index contributed by atoms with van der Waals surface area (Å²) in [5.74, 6) is -0.175. The molecule has 0 unspecified atom stereocenters. The average Bonchev–Trinajstić information content (AvgIpc) is 3.19. The summed E-state index contributed by atoms with van der Waals surface area (Å²) in [4.78, 5) is 17.1. The van der Waals surface area contributed by atoms with Crippen LogP contribution in [0.15, 0.2) is 78.9 Å². The molecule has 1 aliphatic heterocycles. The third-order valence-electron chi connectivity index (χ3n) is 5.81. The molecule has 0 N–H and O–H groups in total. The molecule has 31 heavy (non-hydrogen) atoms. The van der Waals surface area contributed by atoms with E-state index in [1.54, 1.807) is 12.1 Å². The number of fused-ring (bicyclic) bond motifs is 1. The maximum Gasteiger partial charge on any atom is 0.244 e. The van der Waals surface area contributed by atoms with Crippen molar-refractivity contribution in [3.05, 3.63) is 84.7 Å². The van der Waals surface area contributed by atoms with Crippen molar-refractivity contribution >= 4 is 22.5 Å². The smallest absolute Gasteiger partial charge is 0.244 e. The van der Waals surface area contributed by atoms with Crippen molar-refractivity contribution in [2.75, 3.05) is 31.1 Å². The molecule has 156 valence electrons. The number of halogens is 1. The number of nitrogens with zero attached hydrogens (tertiary/aromatic N) is 4. The number of aromatic nitrogens is 2. The van der Waals surface area contributed by atoms with Gasteiger partial charge in [0.2, 0.25) is 5.91 Å². The van der Waals surface area contributed by atoms with Crippen LogP contribution in [0.1, 0.15) is 0 Å². The van der Waals surface area contributed by atoms with Crippen molar-refractivity contribution in [1.82, 2.24) is 14.7 Å². The van der Waals surface area contributed by atoms with Crippen molar-refractivity contribution in [3.8, 4) is 11.3 Å². The lowest BCUT2D eigenvalue weighted by molar-refractivity contribution is -0.132. The highest BCUT2D eigenvalue weighted by Gasteiger charge is 2.23. The molecular formula is C25H23FN4O. The summed E-state index contributed by atoms with van der Waals surface area (Å²) in [6, 6.07) is 24.6. The van der Waals surface area contributed by atoms with Crippen molar-refractivity contribution in [1.29, 1.82) is 0 Å². The molecule has 4 aromatic rings. The Morgan fingerprint density at radius 1 is 0.839 bits per heavy atom. The molecule has 0 atom stereocenters. The van der Waals surface area contributed by atoms with Crippen LogP contribution in [-0.2, 0) is 11.3 Å². The topological polar surface area (TPSA) is 41.4 Å². The number of anilines is 1. The standard InChI is InChI=1S/C25H23FN4O/c26-20-10-12-21(13-11-20)28-14-16-29(17-15-28)24(31)18-30-23-9-5-4-8-22(23)25(27-30)19-6-2-1-3-7-19/h1-13H,14-18H2. The molecule has 1 fully saturated rings. The Bertz CT molecular complexity index is 1200. The van der Waals surface area contributed by atoms with E-state index < -0.39 is 0 Å². The monoisotopic (exact) mass is 414 g/mol. The number of amides is 1. The van der Waals surface area contributed by atoms with Crippen LogP contribution in [0.2, 0.25) is 0 Å². The van der Waals surface area contributed by atoms with Gasteiger partial charge in [-0.25, -0.2) is 4.39 Å². The molecular weight excluding hydrogens is 391 g/mol. The van der Waals surface area contributed by atoms with Crippen LogP contribution in [-0.4, -0.2) is 46.8 Å². The second kappa shape index (κ2) is 8.22. The number of piperazine rings is 1. The third-order valence-corrected chi connectivity index (χ3v) is 5.81. The Balaban J connectivity index is 1.32. The predicted molar refractivity (Wildman–Crippen MR) is 120 cm³/mol. The number of rotatable bonds is 4. The normalized spacial score (nSPS) is 14.2. The minimum absolute atomic E-state index is 0.0617. The fourth-order valence-corrected chi connectivity index (χ4v) is 4.15. The highest BCUT2D eigenvalue weighted by molar-refractivity contribution is 5.94. The SMILES string of the molecule is O=C(Cn1nc(-c2ccccc2)c2ccccc21)N1CCN(c2ccc(F)cc2)CC1. The second-order valence-corrected chi connectivity index (χ2v) is 7.73. The lowest BCUT2D eigenvalue weighted by Crippen LogP contribution is -2.49. The molecule has 0 radical (unpaired) electrons. The van der Waals surface area contributed by atoms with Gasteiger partial charge in [0.1, 0.15) is 18.1 Å². The summed E-state index contributed by atoms with van der Waals surface area (Å²) in [5, 5.41) is 5.83.